The van der Waals surface area contributed by atoms with Gasteiger partial charge in [-0.2, -0.15) is 0 Å². The molecule has 23 heavy (non-hydrogen) atoms. The summed E-state index contributed by atoms with van der Waals surface area (Å²) in [4.78, 5) is 16.7. The van der Waals surface area contributed by atoms with E-state index in [-0.39, 0.29) is 5.91 Å². The fourth-order valence-corrected chi connectivity index (χ4v) is 3.28. The molecule has 1 aliphatic rings. The van der Waals surface area contributed by atoms with Gasteiger partial charge >= 0.3 is 0 Å². The zero-order valence-corrected chi connectivity index (χ0v) is 13.1. The molecule has 2 aromatic carbocycles. The third kappa shape index (κ3) is 2.83. The van der Waals surface area contributed by atoms with E-state index in [1.54, 1.807) is 12.1 Å². The molecule has 0 saturated heterocycles. The van der Waals surface area contributed by atoms with Crippen molar-refractivity contribution >= 4 is 22.4 Å². The highest BCUT2D eigenvalue weighted by Gasteiger charge is 2.14. The van der Waals surface area contributed by atoms with Crippen LogP contribution < -0.4 is 10.1 Å². The van der Waals surface area contributed by atoms with Crippen molar-refractivity contribution in [1.82, 2.24) is 4.98 Å². The standard InChI is InChI=1S/C18H14N2O2S/c21-17(12-4-2-1-3-5-12)20-18-19-15(11-23-18)13-6-7-16-14(10-13)8-9-22-16/h1-7,10-11H,8-9H2,(H,19,20,21). The number of thiazole rings is 1. The molecule has 0 fully saturated rings. The minimum atomic E-state index is -0.145. The molecule has 1 aliphatic heterocycles. The third-order valence-corrected chi connectivity index (χ3v) is 4.50. The summed E-state index contributed by atoms with van der Waals surface area (Å²) >= 11 is 1.43. The van der Waals surface area contributed by atoms with E-state index in [2.05, 4.69) is 16.4 Å². The quantitative estimate of drug-likeness (QED) is 0.793. The number of rotatable bonds is 3. The Balaban J connectivity index is 1.54. The summed E-state index contributed by atoms with van der Waals surface area (Å²) in [6.45, 7) is 0.744. The zero-order chi connectivity index (χ0) is 15.6. The number of nitrogens with one attached hydrogen (secondary N) is 1. The number of nitrogens with zero attached hydrogens (tertiary/aromatic N) is 1. The smallest absolute Gasteiger partial charge is 0.257 e. The van der Waals surface area contributed by atoms with Crippen LogP contribution in [-0.2, 0) is 6.42 Å². The lowest BCUT2D eigenvalue weighted by Gasteiger charge is -2.02. The summed E-state index contributed by atoms with van der Waals surface area (Å²) in [6, 6.07) is 15.2. The SMILES string of the molecule is O=C(Nc1nc(-c2ccc3c(c2)CCO3)cs1)c1ccccc1. The molecule has 0 aliphatic carbocycles. The molecule has 0 unspecified atom stereocenters. The van der Waals surface area contributed by atoms with Gasteiger partial charge < -0.3 is 4.74 Å². The van der Waals surface area contributed by atoms with E-state index in [0.717, 1.165) is 30.0 Å². The molecule has 4 rings (SSSR count). The van der Waals surface area contributed by atoms with Crippen molar-refractivity contribution < 1.29 is 9.53 Å². The lowest BCUT2D eigenvalue weighted by atomic mass is 10.1. The lowest BCUT2D eigenvalue weighted by molar-refractivity contribution is 0.102. The molecule has 4 nitrogen and oxygen atoms in total. The fraction of sp³-hybridized carbons (Fsp3) is 0.111. The molecular formula is C18H14N2O2S. The average molecular weight is 322 g/mol. The molecule has 3 aromatic rings. The predicted molar refractivity (Wildman–Crippen MR) is 91.1 cm³/mol. The molecular weight excluding hydrogens is 308 g/mol. The molecule has 0 atom stereocenters. The van der Waals surface area contributed by atoms with Gasteiger partial charge in [0.1, 0.15) is 5.75 Å². The molecule has 0 bridgehead atoms. The van der Waals surface area contributed by atoms with Crippen molar-refractivity contribution in [3.05, 3.63) is 65.0 Å². The Morgan fingerprint density at radius 3 is 2.91 bits per heavy atom. The zero-order valence-electron chi connectivity index (χ0n) is 12.3. The maximum atomic E-state index is 12.2. The highest BCUT2D eigenvalue weighted by molar-refractivity contribution is 7.14. The summed E-state index contributed by atoms with van der Waals surface area (Å²) in [6.07, 6.45) is 0.935. The number of carbonyl (C=O) groups is 1. The van der Waals surface area contributed by atoms with E-state index in [4.69, 9.17) is 4.74 Å². The van der Waals surface area contributed by atoms with Crippen molar-refractivity contribution in [3.63, 3.8) is 0 Å². The Morgan fingerprint density at radius 1 is 1.17 bits per heavy atom. The number of hydrogen-bond acceptors (Lipinski definition) is 4. The summed E-state index contributed by atoms with van der Waals surface area (Å²) in [7, 11) is 0. The van der Waals surface area contributed by atoms with Crippen LogP contribution in [0.3, 0.4) is 0 Å². The van der Waals surface area contributed by atoms with Gasteiger partial charge in [-0.3, -0.25) is 10.1 Å². The monoisotopic (exact) mass is 322 g/mol. The third-order valence-electron chi connectivity index (χ3n) is 3.75. The molecule has 2 heterocycles. The van der Waals surface area contributed by atoms with Gasteiger partial charge in [0.2, 0.25) is 0 Å². The minimum absolute atomic E-state index is 0.145. The van der Waals surface area contributed by atoms with E-state index in [9.17, 15) is 4.79 Å². The van der Waals surface area contributed by atoms with Crippen LogP contribution >= 0.6 is 11.3 Å². The number of aromatic nitrogens is 1. The average Bonchev–Trinajstić information content (AvgIpc) is 3.23. The molecule has 0 spiro atoms. The first kappa shape index (κ1) is 14.0. The van der Waals surface area contributed by atoms with Gasteiger partial charge in [0.05, 0.1) is 12.3 Å². The summed E-state index contributed by atoms with van der Waals surface area (Å²) in [5.41, 5.74) is 3.75. The lowest BCUT2D eigenvalue weighted by Crippen LogP contribution is -2.11. The van der Waals surface area contributed by atoms with Crippen LogP contribution in [0.25, 0.3) is 11.3 Å². The molecule has 5 heteroatoms. The van der Waals surface area contributed by atoms with Crippen molar-refractivity contribution in [3.8, 4) is 17.0 Å². The van der Waals surface area contributed by atoms with Crippen LogP contribution in [0, 0.1) is 0 Å². The Labute approximate surface area is 137 Å². The van der Waals surface area contributed by atoms with Gasteiger partial charge in [0, 0.05) is 22.9 Å². The molecule has 1 N–H and O–H groups in total. The number of carbonyl (C=O) groups excluding carboxylic acids is 1. The number of benzene rings is 2. The van der Waals surface area contributed by atoms with Crippen molar-refractivity contribution in [2.24, 2.45) is 0 Å². The highest BCUT2D eigenvalue weighted by atomic mass is 32.1. The number of hydrogen-bond donors (Lipinski definition) is 1. The van der Waals surface area contributed by atoms with Crippen LogP contribution in [0.5, 0.6) is 5.75 Å². The second kappa shape index (κ2) is 5.85. The number of amides is 1. The Hall–Kier alpha value is -2.66. The van der Waals surface area contributed by atoms with Crippen molar-refractivity contribution in [2.75, 3.05) is 11.9 Å². The van der Waals surface area contributed by atoms with Crippen molar-refractivity contribution in [2.45, 2.75) is 6.42 Å². The van der Waals surface area contributed by atoms with E-state index in [1.165, 1.54) is 16.9 Å². The van der Waals surface area contributed by atoms with Crippen LogP contribution in [0.2, 0.25) is 0 Å². The molecule has 0 radical (unpaired) electrons. The van der Waals surface area contributed by atoms with E-state index >= 15 is 0 Å². The van der Waals surface area contributed by atoms with E-state index in [1.807, 2.05) is 35.7 Å². The van der Waals surface area contributed by atoms with Crippen LogP contribution in [-0.4, -0.2) is 17.5 Å². The predicted octanol–water partition coefficient (Wildman–Crippen LogP) is 4.00. The summed E-state index contributed by atoms with van der Waals surface area (Å²) < 4.78 is 5.52. The maximum absolute atomic E-state index is 12.2. The van der Waals surface area contributed by atoms with Crippen LogP contribution in [0.1, 0.15) is 15.9 Å². The second-order valence-corrected chi connectivity index (χ2v) is 6.14. The largest absolute Gasteiger partial charge is 0.493 e. The van der Waals surface area contributed by atoms with Crippen molar-refractivity contribution in [1.29, 1.82) is 0 Å². The van der Waals surface area contributed by atoms with Gasteiger partial charge in [0.25, 0.3) is 5.91 Å². The molecule has 1 aromatic heterocycles. The normalized spacial score (nSPS) is 12.5. The Bertz CT molecular complexity index is 858. The Kier molecular flexibility index (Phi) is 3.55. The van der Waals surface area contributed by atoms with Crippen LogP contribution in [0.15, 0.2) is 53.9 Å². The first-order valence-corrected chi connectivity index (χ1v) is 8.25. The van der Waals surface area contributed by atoms with Crippen LogP contribution in [0.4, 0.5) is 5.13 Å². The highest BCUT2D eigenvalue weighted by Crippen LogP contribution is 2.32. The first-order chi connectivity index (χ1) is 11.3. The topological polar surface area (TPSA) is 51.2 Å². The van der Waals surface area contributed by atoms with Gasteiger partial charge in [-0.05, 0) is 35.9 Å². The molecule has 0 saturated carbocycles. The number of ether oxygens (including phenoxy) is 1. The molecule has 114 valence electrons. The number of anilines is 1. The second-order valence-electron chi connectivity index (χ2n) is 5.28. The minimum Gasteiger partial charge on any atom is -0.493 e. The molecule has 1 amide bonds. The van der Waals surface area contributed by atoms with Gasteiger partial charge in [-0.1, -0.05) is 18.2 Å². The maximum Gasteiger partial charge on any atom is 0.257 e. The fourth-order valence-electron chi connectivity index (χ4n) is 2.57. The summed E-state index contributed by atoms with van der Waals surface area (Å²) in [5, 5.41) is 5.40. The first-order valence-electron chi connectivity index (χ1n) is 7.37. The Morgan fingerprint density at radius 2 is 2.04 bits per heavy atom. The number of fused-ring (bicyclic) bond motifs is 1. The summed E-state index contributed by atoms with van der Waals surface area (Å²) in [5.74, 6) is 0.815. The van der Waals surface area contributed by atoms with E-state index < -0.39 is 0 Å². The van der Waals surface area contributed by atoms with Gasteiger partial charge in [-0.25, -0.2) is 4.98 Å². The van der Waals surface area contributed by atoms with E-state index in [0.29, 0.717) is 10.7 Å². The van der Waals surface area contributed by atoms with Gasteiger partial charge in [0.15, 0.2) is 5.13 Å². The van der Waals surface area contributed by atoms with Gasteiger partial charge in [-0.15, -0.1) is 11.3 Å².